The minimum absolute atomic E-state index is 0.467. The Morgan fingerprint density at radius 1 is 1.30 bits per heavy atom. The van der Waals surface area contributed by atoms with Crippen LogP contribution in [0.4, 0.5) is 0 Å². The van der Waals surface area contributed by atoms with Gasteiger partial charge in [0.05, 0.1) is 0 Å². The van der Waals surface area contributed by atoms with Crippen molar-refractivity contribution in [2.75, 3.05) is 33.7 Å². The zero-order valence-electron chi connectivity index (χ0n) is 13.3. The maximum atomic E-state index is 3.68. The summed E-state index contributed by atoms with van der Waals surface area (Å²) in [5, 5.41) is 3.68. The molecular formula is C17H29N3. The molecule has 0 radical (unpaired) electrons. The summed E-state index contributed by atoms with van der Waals surface area (Å²) in [4.78, 5) is 4.94. The molecule has 0 amide bonds. The van der Waals surface area contributed by atoms with Gasteiger partial charge in [-0.15, -0.1) is 0 Å². The fourth-order valence-corrected chi connectivity index (χ4v) is 3.02. The van der Waals surface area contributed by atoms with Gasteiger partial charge >= 0.3 is 0 Å². The van der Waals surface area contributed by atoms with Crippen LogP contribution in [0.2, 0.25) is 0 Å². The highest BCUT2D eigenvalue weighted by atomic mass is 15.2. The van der Waals surface area contributed by atoms with Crippen LogP contribution in [0.1, 0.15) is 31.9 Å². The molecule has 1 N–H and O–H groups in total. The summed E-state index contributed by atoms with van der Waals surface area (Å²) in [6.45, 7) is 8.05. The maximum Gasteiger partial charge on any atom is 0.0450 e. The molecule has 0 spiro atoms. The van der Waals surface area contributed by atoms with E-state index in [9.17, 15) is 0 Å². The minimum atomic E-state index is 0.467. The summed E-state index contributed by atoms with van der Waals surface area (Å²) in [5.74, 6) is 0. The van der Waals surface area contributed by atoms with Gasteiger partial charge in [-0.3, -0.25) is 4.90 Å². The zero-order valence-corrected chi connectivity index (χ0v) is 13.3. The molecule has 2 rings (SSSR count). The van der Waals surface area contributed by atoms with Crippen molar-refractivity contribution in [2.24, 2.45) is 0 Å². The van der Waals surface area contributed by atoms with Gasteiger partial charge in [-0.25, -0.2) is 0 Å². The van der Waals surface area contributed by atoms with Gasteiger partial charge in [0.1, 0.15) is 0 Å². The zero-order chi connectivity index (χ0) is 14.5. The lowest BCUT2D eigenvalue weighted by molar-refractivity contribution is 0.0902. The summed E-state index contributed by atoms with van der Waals surface area (Å²) in [7, 11) is 4.31. The van der Waals surface area contributed by atoms with E-state index in [-0.39, 0.29) is 0 Å². The summed E-state index contributed by atoms with van der Waals surface area (Å²) in [5.41, 5.74) is 1.41. The highest BCUT2D eigenvalue weighted by Crippen LogP contribution is 2.22. The van der Waals surface area contributed by atoms with Crippen LogP contribution in [0.5, 0.6) is 0 Å². The third-order valence-corrected chi connectivity index (χ3v) is 4.38. The van der Waals surface area contributed by atoms with Crippen LogP contribution in [-0.4, -0.2) is 55.6 Å². The van der Waals surface area contributed by atoms with Crippen molar-refractivity contribution in [1.29, 1.82) is 0 Å². The Hall–Kier alpha value is -0.900. The van der Waals surface area contributed by atoms with E-state index in [4.69, 9.17) is 0 Å². The van der Waals surface area contributed by atoms with Crippen LogP contribution in [-0.2, 0) is 0 Å². The van der Waals surface area contributed by atoms with Crippen molar-refractivity contribution in [3.05, 3.63) is 35.9 Å². The average molecular weight is 275 g/mol. The molecule has 0 aromatic heterocycles. The van der Waals surface area contributed by atoms with Crippen molar-refractivity contribution < 1.29 is 0 Å². The Balaban J connectivity index is 1.97. The van der Waals surface area contributed by atoms with Gasteiger partial charge in [-0.1, -0.05) is 30.3 Å². The third kappa shape index (κ3) is 4.05. The van der Waals surface area contributed by atoms with E-state index in [1.807, 2.05) is 0 Å². The van der Waals surface area contributed by atoms with Crippen molar-refractivity contribution in [2.45, 2.75) is 38.4 Å². The van der Waals surface area contributed by atoms with Gasteiger partial charge in [-0.05, 0) is 46.5 Å². The van der Waals surface area contributed by atoms with Gasteiger partial charge in [0.2, 0.25) is 0 Å². The second-order valence-electron chi connectivity index (χ2n) is 6.36. The summed E-state index contributed by atoms with van der Waals surface area (Å²) >= 11 is 0. The van der Waals surface area contributed by atoms with E-state index in [1.165, 1.54) is 12.0 Å². The molecule has 0 aliphatic carbocycles. The quantitative estimate of drug-likeness (QED) is 0.890. The smallest absolute Gasteiger partial charge is 0.0450 e. The molecule has 1 fully saturated rings. The topological polar surface area (TPSA) is 18.5 Å². The van der Waals surface area contributed by atoms with E-state index < -0.39 is 0 Å². The van der Waals surface area contributed by atoms with Gasteiger partial charge in [-0.2, -0.15) is 0 Å². The van der Waals surface area contributed by atoms with E-state index in [2.05, 4.69) is 73.4 Å². The molecule has 1 aliphatic rings. The Morgan fingerprint density at radius 2 is 2.00 bits per heavy atom. The largest absolute Gasteiger partial charge is 0.309 e. The van der Waals surface area contributed by atoms with Gasteiger partial charge in [0.25, 0.3) is 0 Å². The third-order valence-electron chi connectivity index (χ3n) is 4.38. The number of piperazine rings is 1. The van der Waals surface area contributed by atoms with Crippen LogP contribution < -0.4 is 5.32 Å². The van der Waals surface area contributed by atoms with E-state index in [1.54, 1.807) is 0 Å². The predicted octanol–water partition coefficient (Wildman–Crippen LogP) is 2.36. The molecule has 1 aromatic rings. The lowest BCUT2D eigenvalue weighted by Crippen LogP contribution is -2.54. The first-order valence-corrected chi connectivity index (χ1v) is 7.76. The van der Waals surface area contributed by atoms with Gasteiger partial charge < -0.3 is 10.2 Å². The van der Waals surface area contributed by atoms with Gasteiger partial charge in [0.15, 0.2) is 0 Å². The molecule has 1 heterocycles. The van der Waals surface area contributed by atoms with Crippen molar-refractivity contribution in [3.8, 4) is 0 Å². The Kier molecular flexibility index (Phi) is 5.58. The number of hydrogen-bond donors (Lipinski definition) is 1. The molecule has 3 heteroatoms. The lowest BCUT2D eigenvalue weighted by atomic mass is 10.00. The predicted molar refractivity (Wildman–Crippen MR) is 86.0 cm³/mol. The monoisotopic (exact) mass is 275 g/mol. The average Bonchev–Trinajstić information content (AvgIpc) is 2.46. The summed E-state index contributed by atoms with van der Waals surface area (Å²) in [6, 6.07) is 12.5. The molecule has 3 nitrogen and oxygen atoms in total. The van der Waals surface area contributed by atoms with Crippen LogP contribution in [0.3, 0.4) is 0 Å². The maximum absolute atomic E-state index is 3.68. The van der Waals surface area contributed by atoms with Crippen LogP contribution in [0, 0.1) is 0 Å². The van der Waals surface area contributed by atoms with Gasteiger partial charge in [0, 0.05) is 31.2 Å². The van der Waals surface area contributed by atoms with Crippen LogP contribution in [0.25, 0.3) is 0 Å². The highest BCUT2D eigenvalue weighted by Gasteiger charge is 2.28. The molecule has 1 aliphatic heterocycles. The number of hydrogen-bond acceptors (Lipinski definition) is 3. The van der Waals surface area contributed by atoms with E-state index in [0.29, 0.717) is 18.1 Å². The highest BCUT2D eigenvalue weighted by molar-refractivity contribution is 5.20. The normalized spacial score (nSPS) is 25.9. The molecule has 0 saturated carbocycles. The lowest BCUT2D eigenvalue weighted by Gasteiger charge is -2.42. The Bertz CT molecular complexity index is 390. The standard InChI is InChI=1S/C17H29N3/c1-14(10-11-19(3)4)20-13-17(18-12-15(20)2)16-8-6-5-7-9-16/h5-9,14-15,17-18H,10-13H2,1-4H3. The Morgan fingerprint density at radius 3 is 2.65 bits per heavy atom. The van der Waals surface area contributed by atoms with E-state index >= 15 is 0 Å². The number of rotatable bonds is 5. The molecule has 0 bridgehead atoms. The second kappa shape index (κ2) is 7.21. The van der Waals surface area contributed by atoms with Crippen LogP contribution >= 0.6 is 0 Å². The van der Waals surface area contributed by atoms with Crippen molar-refractivity contribution >= 4 is 0 Å². The summed E-state index contributed by atoms with van der Waals surface area (Å²) < 4.78 is 0. The number of nitrogens with zero attached hydrogens (tertiary/aromatic N) is 2. The van der Waals surface area contributed by atoms with Crippen molar-refractivity contribution in [3.63, 3.8) is 0 Å². The fourth-order valence-electron chi connectivity index (χ4n) is 3.02. The fraction of sp³-hybridized carbons (Fsp3) is 0.647. The summed E-state index contributed by atoms with van der Waals surface area (Å²) in [6.07, 6.45) is 1.23. The SMILES string of the molecule is CC(CCN(C)C)N1CC(c2ccccc2)NCC1C. The molecule has 3 unspecified atom stereocenters. The van der Waals surface area contributed by atoms with Crippen LogP contribution in [0.15, 0.2) is 30.3 Å². The molecule has 20 heavy (non-hydrogen) atoms. The van der Waals surface area contributed by atoms with E-state index in [0.717, 1.165) is 19.6 Å². The second-order valence-corrected chi connectivity index (χ2v) is 6.36. The first-order valence-electron chi connectivity index (χ1n) is 7.76. The molecule has 1 saturated heterocycles. The first kappa shape index (κ1) is 15.5. The van der Waals surface area contributed by atoms with Crippen molar-refractivity contribution in [1.82, 2.24) is 15.1 Å². The molecule has 1 aromatic carbocycles. The number of nitrogens with one attached hydrogen (secondary N) is 1. The molecule has 3 atom stereocenters. The number of benzene rings is 1. The molecule has 112 valence electrons. The minimum Gasteiger partial charge on any atom is -0.309 e. The Labute approximate surface area is 124 Å². The molecular weight excluding hydrogens is 246 g/mol. The first-order chi connectivity index (χ1) is 9.58.